The molecule has 114 valence electrons. The van der Waals surface area contributed by atoms with Gasteiger partial charge in [0, 0.05) is 6.54 Å². The van der Waals surface area contributed by atoms with E-state index in [1.165, 1.54) is 12.1 Å². The normalized spacial score (nSPS) is 13.6. The topological polar surface area (TPSA) is 21.3 Å². The fourth-order valence-electron chi connectivity index (χ4n) is 1.80. The van der Waals surface area contributed by atoms with E-state index in [1.807, 2.05) is 20.8 Å². The van der Waals surface area contributed by atoms with Crippen LogP contribution in [0.1, 0.15) is 32.8 Å². The van der Waals surface area contributed by atoms with Crippen LogP contribution in [0.15, 0.2) is 24.3 Å². The first-order chi connectivity index (χ1) is 9.36. The lowest BCUT2D eigenvalue weighted by molar-refractivity contribution is -0.139. The first-order valence-corrected chi connectivity index (χ1v) is 6.89. The van der Waals surface area contributed by atoms with E-state index in [0.717, 1.165) is 19.0 Å². The molecule has 0 aliphatic rings. The van der Waals surface area contributed by atoms with E-state index in [1.54, 1.807) is 6.07 Å². The third-order valence-corrected chi connectivity index (χ3v) is 2.99. The Morgan fingerprint density at radius 1 is 1.20 bits per heavy atom. The lowest BCUT2D eigenvalue weighted by Gasteiger charge is -2.25. The van der Waals surface area contributed by atoms with Gasteiger partial charge in [-0.05, 0) is 31.0 Å². The van der Waals surface area contributed by atoms with Crippen molar-refractivity contribution in [1.29, 1.82) is 0 Å². The number of nitrogens with one attached hydrogen (secondary N) is 1. The van der Waals surface area contributed by atoms with Crippen molar-refractivity contribution in [2.45, 2.75) is 39.5 Å². The number of benzene rings is 1. The molecule has 1 rings (SSSR count). The summed E-state index contributed by atoms with van der Waals surface area (Å²) in [4.78, 5) is 0. The first kappa shape index (κ1) is 16.8. The molecule has 0 amide bonds. The highest BCUT2D eigenvalue weighted by Crippen LogP contribution is 2.36. The van der Waals surface area contributed by atoms with Gasteiger partial charge in [-0.1, -0.05) is 32.9 Å². The molecular formula is C15H22F3NO. The lowest BCUT2D eigenvalue weighted by atomic mass is 10.1. The zero-order valence-electron chi connectivity index (χ0n) is 12.1. The third kappa shape index (κ3) is 5.04. The smallest absolute Gasteiger partial charge is 0.419 e. The molecule has 0 saturated heterocycles. The fourth-order valence-corrected chi connectivity index (χ4v) is 1.80. The predicted molar refractivity (Wildman–Crippen MR) is 73.9 cm³/mol. The van der Waals surface area contributed by atoms with Crippen LogP contribution in [-0.4, -0.2) is 19.2 Å². The largest absolute Gasteiger partial charge is 0.488 e. The number of hydrogen-bond acceptors (Lipinski definition) is 2. The predicted octanol–water partition coefficient (Wildman–Crippen LogP) is 4.11. The van der Waals surface area contributed by atoms with Crippen LogP contribution in [0.2, 0.25) is 0 Å². The minimum absolute atomic E-state index is 0.100. The van der Waals surface area contributed by atoms with E-state index in [2.05, 4.69) is 5.32 Å². The average molecular weight is 289 g/mol. The SMILES string of the molecule is CCCNCC(Oc1ccccc1C(F)(F)F)C(C)C. The Hall–Kier alpha value is -1.23. The summed E-state index contributed by atoms with van der Waals surface area (Å²) in [5.74, 6) is 0.0256. The van der Waals surface area contributed by atoms with Crippen LogP contribution in [0.5, 0.6) is 5.75 Å². The number of alkyl halides is 3. The molecule has 1 unspecified atom stereocenters. The molecule has 0 aromatic heterocycles. The van der Waals surface area contributed by atoms with E-state index in [0.29, 0.717) is 6.54 Å². The van der Waals surface area contributed by atoms with E-state index >= 15 is 0 Å². The highest BCUT2D eigenvalue weighted by molar-refractivity contribution is 5.35. The zero-order chi connectivity index (χ0) is 15.2. The van der Waals surface area contributed by atoms with Crippen molar-refractivity contribution in [3.05, 3.63) is 29.8 Å². The van der Waals surface area contributed by atoms with Crippen LogP contribution < -0.4 is 10.1 Å². The fraction of sp³-hybridized carbons (Fsp3) is 0.600. The molecule has 5 heteroatoms. The molecule has 0 heterocycles. The Labute approximate surface area is 118 Å². The van der Waals surface area contributed by atoms with Gasteiger partial charge < -0.3 is 10.1 Å². The van der Waals surface area contributed by atoms with Crippen molar-refractivity contribution in [3.8, 4) is 5.75 Å². The van der Waals surface area contributed by atoms with Gasteiger partial charge in [-0.3, -0.25) is 0 Å². The molecule has 0 saturated carbocycles. The first-order valence-electron chi connectivity index (χ1n) is 6.89. The molecule has 0 bridgehead atoms. The Morgan fingerprint density at radius 3 is 2.40 bits per heavy atom. The highest BCUT2D eigenvalue weighted by atomic mass is 19.4. The standard InChI is InChI=1S/C15H22F3NO/c1-4-9-19-10-14(11(2)3)20-13-8-6-5-7-12(13)15(16,17)18/h5-8,11,14,19H,4,9-10H2,1-3H3. The summed E-state index contributed by atoms with van der Waals surface area (Å²) in [6, 6.07) is 5.35. The Kier molecular flexibility index (Phi) is 6.33. The molecule has 1 atom stereocenters. The van der Waals surface area contributed by atoms with Crippen molar-refractivity contribution in [3.63, 3.8) is 0 Å². The second kappa shape index (κ2) is 7.53. The number of halogens is 3. The number of hydrogen-bond donors (Lipinski definition) is 1. The summed E-state index contributed by atoms with van der Waals surface area (Å²) in [6.45, 7) is 7.28. The quantitative estimate of drug-likeness (QED) is 0.763. The molecule has 0 aliphatic heterocycles. The second-order valence-electron chi connectivity index (χ2n) is 5.10. The van der Waals surface area contributed by atoms with Crippen molar-refractivity contribution in [1.82, 2.24) is 5.32 Å². The lowest BCUT2D eigenvalue weighted by Crippen LogP contribution is -2.36. The van der Waals surface area contributed by atoms with Gasteiger partial charge in [-0.2, -0.15) is 13.2 Å². The van der Waals surface area contributed by atoms with E-state index in [9.17, 15) is 13.2 Å². The Balaban J connectivity index is 2.83. The van der Waals surface area contributed by atoms with Crippen LogP contribution in [0.3, 0.4) is 0 Å². The molecule has 0 radical (unpaired) electrons. The zero-order valence-corrected chi connectivity index (χ0v) is 12.1. The summed E-state index contributed by atoms with van der Waals surface area (Å²) >= 11 is 0. The number of ether oxygens (including phenoxy) is 1. The van der Waals surface area contributed by atoms with Crippen LogP contribution in [-0.2, 0) is 6.18 Å². The molecule has 0 fully saturated rings. The minimum Gasteiger partial charge on any atom is -0.488 e. The summed E-state index contributed by atoms with van der Waals surface area (Å²) in [7, 11) is 0. The maximum absolute atomic E-state index is 12.9. The van der Waals surface area contributed by atoms with Crippen molar-refractivity contribution in [2.75, 3.05) is 13.1 Å². The van der Waals surface area contributed by atoms with Gasteiger partial charge >= 0.3 is 6.18 Å². The third-order valence-electron chi connectivity index (χ3n) is 2.99. The molecule has 1 N–H and O–H groups in total. The minimum atomic E-state index is -4.39. The van der Waals surface area contributed by atoms with Gasteiger partial charge in [-0.15, -0.1) is 0 Å². The summed E-state index contributed by atoms with van der Waals surface area (Å²) in [5, 5.41) is 3.19. The van der Waals surface area contributed by atoms with Gasteiger partial charge in [0.05, 0.1) is 5.56 Å². The molecular weight excluding hydrogens is 267 g/mol. The average Bonchev–Trinajstić information content (AvgIpc) is 2.37. The van der Waals surface area contributed by atoms with Crippen molar-refractivity contribution < 1.29 is 17.9 Å². The number of para-hydroxylation sites is 1. The van der Waals surface area contributed by atoms with Crippen LogP contribution >= 0.6 is 0 Å². The highest BCUT2D eigenvalue weighted by Gasteiger charge is 2.34. The van der Waals surface area contributed by atoms with Crippen LogP contribution in [0.25, 0.3) is 0 Å². The van der Waals surface area contributed by atoms with E-state index in [4.69, 9.17) is 4.74 Å². The maximum Gasteiger partial charge on any atom is 0.419 e. The van der Waals surface area contributed by atoms with E-state index < -0.39 is 11.7 Å². The van der Waals surface area contributed by atoms with Gasteiger partial charge in [0.15, 0.2) is 0 Å². The summed E-state index contributed by atoms with van der Waals surface area (Å²) in [6.07, 6.45) is -3.70. The molecule has 20 heavy (non-hydrogen) atoms. The summed E-state index contributed by atoms with van der Waals surface area (Å²) < 4.78 is 44.3. The Bertz CT molecular complexity index is 404. The van der Waals surface area contributed by atoms with Crippen LogP contribution in [0, 0.1) is 5.92 Å². The number of rotatable bonds is 7. The van der Waals surface area contributed by atoms with Gasteiger partial charge in [-0.25, -0.2) is 0 Å². The van der Waals surface area contributed by atoms with Crippen molar-refractivity contribution >= 4 is 0 Å². The van der Waals surface area contributed by atoms with Gasteiger partial charge in [0.25, 0.3) is 0 Å². The summed E-state index contributed by atoms with van der Waals surface area (Å²) in [5.41, 5.74) is -0.721. The van der Waals surface area contributed by atoms with E-state index in [-0.39, 0.29) is 17.8 Å². The monoisotopic (exact) mass is 289 g/mol. The van der Waals surface area contributed by atoms with Gasteiger partial charge in [0.2, 0.25) is 0 Å². The molecule has 1 aromatic carbocycles. The molecule has 1 aromatic rings. The maximum atomic E-state index is 12.9. The second-order valence-corrected chi connectivity index (χ2v) is 5.10. The van der Waals surface area contributed by atoms with Gasteiger partial charge in [0.1, 0.15) is 11.9 Å². The molecule has 0 aliphatic carbocycles. The molecule has 0 spiro atoms. The van der Waals surface area contributed by atoms with Crippen LogP contribution in [0.4, 0.5) is 13.2 Å². The Morgan fingerprint density at radius 2 is 1.85 bits per heavy atom. The van der Waals surface area contributed by atoms with Crippen molar-refractivity contribution in [2.24, 2.45) is 5.92 Å². The molecule has 2 nitrogen and oxygen atoms in total.